The van der Waals surface area contributed by atoms with Crippen LogP contribution in [0.25, 0.3) is 0 Å². The number of hydrogen-bond donors (Lipinski definition) is 2. The van der Waals surface area contributed by atoms with Gasteiger partial charge in [-0.05, 0) is 12.3 Å². The number of carbonyl (C=O) groups is 1. The fourth-order valence-electron chi connectivity index (χ4n) is 1.56. The lowest BCUT2D eigenvalue weighted by atomic mass is 10.2. The molecule has 0 bridgehead atoms. The number of rotatable bonds is 3. The van der Waals surface area contributed by atoms with E-state index in [9.17, 15) is 4.79 Å². The van der Waals surface area contributed by atoms with Crippen LogP contribution in [0, 0.1) is 11.8 Å². The highest BCUT2D eigenvalue weighted by Crippen LogP contribution is 2.41. The zero-order chi connectivity index (χ0) is 9.26. The van der Waals surface area contributed by atoms with Crippen LogP contribution in [0.15, 0.2) is 12.4 Å². The predicted molar refractivity (Wildman–Crippen MR) is 49.1 cm³/mol. The Labute approximate surface area is 76.8 Å². The summed E-state index contributed by atoms with van der Waals surface area (Å²) in [5.74, 6) is 1.46. The SMILES string of the molecule is CCC1CC1C(=O)Nc1ncc[nH]1. The number of nitrogens with zero attached hydrogens (tertiary/aromatic N) is 1. The van der Waals surface area contributed by atoms with Gasteiger partial charge < -0.3 is 4.98 Å². The predicted octanol–water partition coefficient (Wildman–Crippen LogP) is 1.39. The molecule has 70 valence electrons. The van der Waals surface area contributed by atoms with Crippen LogP contribution in [0.1, 0.15) is 19.8 Å². The Kier molecular flexibility index (Phi) is 2.04. The molecule has 2 N–H and O–H groups in total. The lowest BCUT2D eigenvalue weighted by Gasteiger charge is -1.99. The van der Waals surface area contributed by atoms with Crippen molar-refractivity contribution in [3.05, 3.63) is 12.4 Å². The zero-order valence-corrected chi connectivity index (χ0v) is 7.58. The molecule has 1 saturated carbocycles. The Hall–Kier alpha value is -1.32. The number of anilines is 1. The number of aromatic amines is 1. The lowest BCUT2D eigenvalue weighted by molar-refractivity contribution is -0.117. The van der Waals surface area contributed by atoms with E-state index in [0.29, 0.717) is 11.9 Å². The molecule has 4 heteroatoms. The maximum atomic E-state index is 11.5. The van der Waals surface area contributed by atoms with Gasteiger partial charge in [0.2, 0.25) is 11.9 Å². The summed E-state index contributed by atoms with van der Waals surface area (Å²) in [6.45, 7) is 2.12. The third-order valence-corrected chi connectivity index (χ3v) is 2.52. The number of H-pyrrole nitrogens is 1. The minimum Gasteiger partial charge on any atom is -0.331 e. The highest BCUT2D eigenvalue weighted by Gasteiger charge is 2.41. The second-order valence-electron chi connectivity index (χ2n) is 3.44. The van der Waals surface area contributed by atoms with Gasteiger partial charge in [-0.2, -0.15) is 0 Å². The molecular weight excluding hydrogens is 166 g/mol. The van der Waals surface area contributed by atoms with E-state index >= 15 is 0 Å². The van der Waals surface area contributed by atoms with Crippen LogP contribution < -0.4 is 5.32 Å². The largest absolute Gasteiger partial charge is 0.331 e. The fraction of sp³-hybridized carbons (Fsp3) is 0.556. The summed E-state index contributed by atoms with van der Waals surface area (Å²) in [4.78, 5) is 18.2. The summed E-state index contributed by atoms with van der Waals surface area (Å²) in [7, 11) is 0. The average molecular weight is 179 g/mol. The topological polar surface area (TPSA) is 57.8 Å². The number of carbonyl (C=O) groups excluding carboxylic acids is 1. The summed E-state index contributed by atoms with van der Waals surface area (Å²) in [6, 6.07) is 0. The van der Waals surface area contributed by atoms with Gasteiger partial charge in [-0.25, -0.2) is 4.98 Å². The maximum absolute atomic E-state index is 11.5. The summed E-state index contributed by atoms with van der Waals surface area (Å²) in [5, 5.41) is 2.74. The van der Waals surface area contributed by atoms with Crippen molar-refractivity contribution in [2.24, 2.45) is 11.8 Å². The summed E-state index contributed by atoms with van der Waals surface area (Å²) in [5.41, 5.74) is 0. The molecule has 0 aromatic carbocycles. The standard InChI is InChI=1S/C9H13N3O/c1-2-6-5-7(6)8(13)12-9-10-3-4-11-9/h3-4,6-7H,2,5H2,1H3,(H2,10,11,12,13). The molecule has 2 rings (SSSR count). The summed E-state index contributed by atoms with van der Waals surface area (Å²) in [6.07, 6.45) is 5.44. The minimum atomic E-state index is 0.0989. The van der Waals surface area contributed by atoms with Crippen LogP contribution >= 0.6 is 0 Å². The maximum Gasteiger partial charge on any atom is 0.230 e. The number of hydrogen-bond acceptors (Lipinski definition) is 2. The van der Waals surface area contributed by atoms with E-state index in [4.69, 9.17) is 0 Å². The number of imidazole rings is 1. The van der Waals surface area contributed by atoms with E-state index in [2.05, 4.69) is 22.2 Å². The Balaban J connectivity index is 1.87. The number of aromatic nitrogens is 2. The van der Waals surface area contributed by atoms with Gasteiger partial charge in [-0.1, -0.05) is 13.3 Å². The molecule has 0 spiro atoms. The van der Waals surface area contributed by atoms with Gasteiger partial charge in [-0.15, -0.1) is 0 Å². The van der Waals surface area contributed by atoms with E-state index in [0.717, 1.165) is 12.8 Å². The molecule has 1 amide bonds. The Morgan fingerprint density at radius 2 is 2.69 bits per heavy atom. The van der Waals surface area contributed by atoms with Crippen LogP contribution in [0.5, 0.6) is 0 Å². The monoisotopic (exact) mass is 179 g/mol. The normalized spacial score (nSPS) is 25.6. The van der Waals surface area contributed by atoms with Crippen molar-refractivity contribution < 1.29 is 4.79 Å². The van der Waals surface area contributed by atoms with Gasteiger partial charge in [0, 0.05) is 18.3 Å². The van der Waals surface area contributed by atoms with Crippen LogP contribution in [0.2, 0.25) is 0 Å². The van der Waals surface area contributed by atoms with Gasteiger partial charge in [0.25, 0.3) is 0 Å². The number of nitrogens with one attached hydrogen (secondary N) is 2. The molecule has 2 unspecified atom stereocenters. The first-order valence-electron chi connectivity index (χ1n) is 4.61. The Morgan fingerprint density at radius 1 is 1.85 bits per heavy atom. The first-order valence-corrected chi connectivity index (χ1v) is 4.61. The quantitative estimate of drug-likeness (QED) is 0.736. The third-order valence-electron chi connectivity index (χ3n) is 2.52. The summed E-state index contributed by atoms with van der Waals surface area (Å²) >= 11 is 0. The molecule has 2 atom stereocenters. The van der Waals surface area contributed by atoms with Crippen molar-refractivity contribution in [1.82, 2.24) is 9.97 Å². The first kappa shape index (κ1) is 8.29. The van der Waals surface area contributed by atoms with Crippen molar-refractivity contribution >= 4 is 11.9 Å². The fourth-order valence-corrected chi connectivity index (χ4v) is 1.56. The van der Waals surface area contributed by atoms with Gasteiger partial charge in [0.05, 0.1) is 0 Å². The minimum absolute atomic E-state index is 0.0989. The second kappa shape index (κ2) is 3.20. The van der Waals surface area contributed by atoms with Crippen LogP contribution in [-0.4, -0.2) is 15.9 Å². The van der Waals surface area contributed by atoms with Gasteiger partial charge in [0.1, 0.15) is 0 Å². The molecule has 1 fully saturated rings. The molecule has 1 aromatic heterocycles. The lowest BCUT2D eigenvalue weighted by Crippen LogP contribution is -2.15. The highest BCUT2D eigenvalue weighted by molar-refractivity contribution is 5.92. The molecule has 1 aliphatic carbocycles. The average Bonchev–Trinajstić information content (AvgIpc) is 2.77. The zero-order valence-electron chi connectivity index (χ0n) is 7.58. The highest BCUT2D eigenvalue weighted by atomic mass is 16.2. The smallest absolute Gasteiger partial charge is 0.230 e. The van der Waals surface area contributed by atoms with Crippen LogP contribution in [0.3, 0.4) is 0 Å². The molecule has 1 aromatic rings. The second-order valence-corrected chi connectivity index (χ2v) is 3.44. The van der Waals surface area contributed by atoms with Gasteiger partial charge in [-0.3, -0.25) is 10.1 Å². The summed E-state index contributed by atoms with van der Waals surface area (Å²) < 4.78 is 0. The van der Waals surface area contributed by atoms with Crippen molar-refractivity contribution in [3.63, 3.8) is 0 Å². The Morgan fingerprint density at radius 3 is 3.23 bits per heavy atom. The van der Waals surface area contributed by atoms with E-state index in [1.807, 2.05) is 0 Å². The molecule has 4 nitrogen and oxygen atoms in total. The number of amides is 1. The van der Waals surface area contributed by atoms with Crippen molar-refractivity contribution in [2.75, 3.05) is 5.32 Å². The molecule has 0 saturated heterocycles. The van der Waals surface area contributed by atoms with E-state index in [1.165, 1.54) is 0 Å². The van der Waals surface area contributed by atoms with Crippen molar-refractivity contribution in [2.45, 2.75) is 19.8 Å². The molecule has 1 aliphatic rings. The third kappa shape index (κ3) is 1.71. The first-order chi connectivity index (χ1) is 6.31. The van der Waals surface area contributed by atoms with Crippen LogP contribution in [0.4, 0.5) is 5.95 Å². The van der Waals surface area contributed by atoms with E-state index < -0.39 is 0 Å². The molecule has 0 aliphatic heterocycles. The van der Waals surface area contributed by atoms with E-state index in [-0.39, 0.29) is 11.8 Å². The van der Waals surface area contributed by atoms with Crippen molar-refractivity contribution in [3.8, 4) is 0 Å². The molecular formula is C9H13N3O. The Bertz CT molecular complexity index is 294. The molecule has 1 heterocycles. The molecule has 0 radical (unpaired) electrons. The van der Waals surface area contributed by atoms with Gasteiger partial charge >= 0.3 is 0 Å². The van der Waals surface area contributed by atoms with Crippen molar-refractivity contribution in [1.29, 1.82) is 0 Å². The van der Waals surface area contributed by atoms with Gasteiger partial charge in [0.15, 0.2) is 0 Å². The molecule has 13 heavy (non-hydrogen) atoms. The van der Waals surface area contributed by atoms with E-state index in [1.54, 1.807) is 12.4 Å². The van der Waals surface area contributed by atoms with Crippen LogP contribution in [-0.2, 0) is 4.79 Å².